The average molecular weight is 320 g/mol. The van der Waals surface area contributed by atoms with Crippen molar-refractivity contribution in [3.05, 3.63) is 65.7 Å². The van der Waals surface area contributed by atoms with Crippen LogP contribution in [0.1, 0.15) is 25.0 Å². The summed E-state index contributed by atoms with van der Waals surface area (Å²) in [7, 11) is 0. The average Bonchev–Trinajstić information content (AvgIpc) is 2.93. The van der Waals surface area contributed by atoms with Crippen LogP contribution < -0.4 is 4.90 Å². The zero-order chi connectivity index (χ0) is 16.8. The Bertz CT molecular complexity index is 689. The Balaban J connectivity index is 1.49. The summed E-state index contributed by atoms with van der Waals surface area (Å²) in [5.41, 5.74) is 4.89. The molecule has 2 fully saturated rings. The second kappa shape index (κ2) is 5.63. The first kappa shape index (κ1) is 15.7. The lowest BCUT2D eigenvalue weighted by Gasteiger charge is -2.30. The molecule has 2 nitrogen and oxygen atoms in total. The number of anilines is 1. The Morgan fingerprint density at radius 2 is 1.38 bits per heavy atom. The molecular formula is C22H28N2. The molecule has 0 aromatic heterocycles. The number of hydrogen-bond acceptors (Lipinski definition) is 2. The Morgan fingerprint density at radius 3 is 1.96 bits per heavy atom. The van der Waals surface area contributed by atoms with Gasteiger partial charge in [-0.2, -0.15) is 0 Å². The summed E-state index contributed by atoms with van der Waals surface area (Å²) in [6.45, 7) is 12.9. The van der Waals surface area contributed by atoms with Crippen molar-refractivity contribution in [1.29, 1.82) is 0 Å². The Hall–Kier alpha value is -1.80. The van der Waals surface area contributed by atoms with Gasteiger partial charge < -0.3 is 4.90 Å². The summed E-state index contributed by atoms with van der Waals surface area (Å²) in [5.74, 6) is 0. The molecular weight excluding hydrogens is 292 g/mol. The van der Waals surface area contributed by atoms with Gasteiger partial charge in [-0.15, -0.1) is 0 Å². The van der Waals surface area contributed by atoms with Crippen LogP contribution in [0.5, 0.6) is 0 Å². The number of nitrogens with zero attached hydrogens (tertiary/aromatic N) is 2. The second-order valence-corrected chi connectivity index (χ2v) is 8.44. The molecule has 2 aromatic carbocycles. The third-order valence-corrected chi connectivity index (χ3v) is 6.33. The van der Waals surface area contributed by atoms with Crippen LogP contribution in [-0.2, 0) is 6.54 Å². The molecule has 24 heavy (non-hydrogen) atoms. The van der Waals surface area contributed by atoms with Crippen molar-refractivity contribution in [2.75, 3.05) is 31.1 Å². The van der Waals surface area contributed by atoms with Crippen molar-refractivity contribution >= 4 is 5.69 Å². The second-order valence-electron chi connectivity index (χ2n) is 8.44. The summed E-state index contributed by atoms with van der Waals surface area (Å²) in [5, 5.41) is 0. The lowest BCUT2D eigenvalue weighted by atomic mass is 9.71. The van der Waals surface area contributed by atoms with E-state index in [1.165, 1.54) is 29.9 Å². The third kappa shape index (κ3) is 2.63. The van der Waals surface area contributed by atoms with Gasteiger partial charge in [0.05, 0.1) is 0 Å². The number of fused-ring (bicyclic) bond motifs is 1. The van der Waals surface area contributed by atoms with E-state index in [0.29, 0.717) is 10.8 Å². The van der Waals surface area contributed by atoms with Crippen LogP contribution in [0.4, 0.5) is 5.69 Å². The molecule has 126 valence electrons. The molecule has 2 aliphatic heterocycles. The number of likely N-dealkylation sites (tertiary alicyclic amines) is 1. The molecule has 4 rings (SSSR count). The quantitative estimate of drug-likeness (QED) is 0.830. The first-order valence-corrected chi connectivity index (χ1v) is 9.05. The zero-order valence-corrected chi connectivity index (χ0v) is 15.1. The maximum atomic E-state index is 2.65. The fourth-order valence-electron chi connectivity index (χ4n) is 4.70. The fourth-order valence-corrected chi connectivity index (χ4v) is 4.70. The summed E-state index contributed by atoms with van der Waals surface area (Å²) in [6.07, 6.45) is 0. The lowest BCUT2D eigenvalue weighted by molar-refractivity contribution is 0.212. The molecule has 0 saturated carbocycles. The number of aryl methyl sites for hydroxylation is 1. The molecule has 2 saturated heterocycles. The van der Waals surface area contributed by atoms with E-state index in [1.807, 2.05) is 0 Å². The summed E-state index contributed by atoms with van der Waals surface area (Å²) in [4.78, 5) is 5.25. The molecule has 2 aromatic rings. The highest BCUT2D eigenvalue weighted by atomic mass is 15.3. The summed E-state index contributed by atoms with van der Waals surface area (Å²) < 4.78 is 0. The molecule has 0 unspecified atom stereocenters. The van der Waals surface area contributed by atoms with Crippen molar-refractivity contribution in [3.8, 4) is 0 Å². The van der Waals surface area contributed by atoms with Crippen LogP contribution in [0, 0.1) is 17.8 Å². The van der Waals surface area contributed by atoms with Crippen molar-refractivity contribution in [1.82, 2.24) is 4.90 Å². The SMILES string of the molecule is Cc1ccc(N2C[C@]3(C)CN(Cc4ccccc4)C[C@]3(C)C2)cc1. The zero-order valence-electron chi connectivity index (χ0n) is 15.1. The minimum absolute atomic E-state index is 0.368. The summed E-state index contributed by atoms with van der Waals surface area (Å²) in [6, 6.07) is 19.9. The van der Waals surface area contributed by atoms with Crippen LogP contribution in [0.2, 0.25) is 0 Å². The van der Waals surface area contributed by atoms with E-state index in [2.05, 4.69) is 85.2 Å². The van der Waals surface area contributed by atoms with Gasteiger partial charge in [0.25, 0.3) is 0 Å². The van der Waals surface area contributed by atoms with E-state index < -0.39 is 0 Å². The van der Waals surface area contributed by atoms with Gasteiger partial charge in [0, 0.05) is 49.2 Å². The normalized spacial score (nSPS) is 29.9. The standard InChI is InChI=1S/C22H28N2/c1-18-9-11-20(12-10-18)24-16-21(2)14-23(15-22(21,3)17-24)13-19-7-5-4-6-8-19/h4-12H,13-17H2,1-3H3/t21-,22+. The highest BCUT2D eigenvalue weighted by molar-refractivity contribution is 5.50. The van der Waals surface area contributed by atoms with Crippen molar-refractivity contribution in [2.45, 2.75) is 27.3 Å². The van der Waals surface area contributed by atoms with Gasteiger partial charge in [-0.25, -0.2) is 0 Å². The van der Waals surface area contributed by atoms with Gasteiger partial charge in [-0.05, 0) is 24.6 Å². The number of hydrogen-bond donors (Lipinski definition) is 0. The van der Waals surface area contributed by atoms with Gasteiger partial charge >= 0.3 is 0 Å². The maximum Gasteiger partial charge on any atom is 0.0366 e. The van der Waals surface area contributed by atoms with Crippen LogP contribution in [-0.4, -0.2) is 31.1 Å². The Morgan fingerprint density at radius 1 is 0.792 bits per heavy atom. The van der Waals surface area contributed by atoms with Gasteiger partial charge in [-0.3, -0.25) is 4.90 Å². The van der Waals surface area contributed by atoms with E-state index in [0.717, 1.165) is 19.6 Å². The topological polar surface area (TPSA) is 6.48 Å². The maximum absolute atomic E-state index is 2.65. The molecule has 0 N–H and O–H groups in total. The van der Waals surface area contributed by atoms with Crippen LogP contribution in [0.15, 0.2) is 54.6 Å². The van der Waals surface area contributed by atoms with E-state index in [-0.39, 0.29) is 0 Å². The van der Waals surface area contributed by atoms with Crippen molar-refractivity contribution < 1.29 is 0 Å². The van der Waals surface area contributed by atoms with E-state index >= 15 is 0 Å². The first-order valence-electron chi connectivity index (χ1n) is 9.05. The third-order valence-electron chi connectivity index (χ3n) is 6.33. The van der Waals surface area contributed by atoms with Crippen LogP contribution in [0.3, 0.4) is 0 Å². The molecule has 0 aliphatic carbocycles. The fraction of sp³-hybridized carbons (Fsp3) is 0.455. The number of benzene rings is 2. The van der Waals surface area contributed by atoms with Gasteiger partial charge in [0.1, 0.15) is 0 Å². The largest absolute Gasteiger partial charge is 0.370 e. The van der Waals surface area contributed by atoms with E-state index in [9.17, 15) is 0 Å². The smallest absolute Gasteiger partial charge is 0.0366 e. The molecule has 2 heteroatoms. The molecule has 2 heterocycles. The molecule has 0 radical (unpaired) electrons. The predicted molar refractivity (Wildman–Crippen MR) is 101 cm³/mol. The predicted octanol–water partition coefficient (Wildman–Crippen LogP) is 4.34. The molecule has 0 amide bonds. The van der Waals surface area contributed by atoms with Crippen molar-refractivity contribution in [3.63, 3.8) is 0 Å². The highest BCUT2D eigenvalue weighted by Crippen LogP contribution is 2.52. The first-order chi connectivity index (χ1) is 11.5. The number of rotatable bonds is 3. The van der Waals surface area contributed by atoms with Gasteiger partial charge in [0.2, 0.25) is 0 Å². The Kier molecular flexibility index (Phi) is 3.69. The Labute approximate surface area is 146 Å². The van der Waals surface area contributed by atoms with Crippen molar-refractivity contribution in [2.24, 2.45) is 10.8 Å². The molecule has 0 spiro atoms. The molecule has 2 aliphatic rings. The minimum atomic E-state index is 0.368. The molecule has 0 bridgehead atoms. The summed E-state index contributed by atoms with van der Waals surface area (Å²) >= 11 is 0. The van der Waals surface area contributed by atoms with E-state index in [4.69, 9.17) is 0 Å². The van der Waals surface area contributed by atoms with Crippen LogP contribution in [0.25, 0.3) is 0 Å². The van der Waals surface area contributed by atoms with Crippen LogP contribution >= 0.6 is 0 Å². The molecule has 2 atom stereocenters. The van der Waals surface area contributed by atoms with Gasteiger partial charge in [-0.1, -0.05) is 61.9 Å². The van der Waals surface area contributed by atoms with E-state index in [1.54, 1.807) is 0 Å². The van der Waals surface area contributed by atoms with Gasteiger partial charge in [0.15, 0.2) is 0 Å². The lowest BCUT2D eigenvalue weighted by Crippen LogP contribution is -2.34. The monoisotopic (exact) mass is 320 g/mol. The highest BCUT2D eigenvalue weighted by Gasteiger charge is 2.57. The minimum Gasteiger partial charge on any atom is -0.370 e.